The van der Waals surface area contributed by atoms with Crippen molar-refractivity contribution in [2.45, 2.75) is 20.8 Å². The van der Waals surface area contributed by atoms with Gasteiger partial charge in [-0.05, 0) is 56.8 Å². The lowest BCUT2D eigenvalue weighted by atomic mass is 10.0. The molecule has 0 saturated carbocycles. The molecule has 0 spiro atoms. The molecule has 0 aromatic heterocycles. The Labute approximate surface area is 126 Å². The highest BCUT2D eigenvalue weighted by molar-refractivity contribution is 5.93. The predicted octanol–water partition coefficient (Wildman–Crippen LogP) is 1.70. The monoisotopic (exact) mass is 287 g/mol. The summed E-state index contributed by atoms with van der Waals surface area (Å²) in [4.78, 5) is 14.6. The Hall–Kier alpha value is -1.39. The molecule has 2 aliphatic rings. The summed E-state index contributed by atoms with van der Waals surface area (Å²) in [5.41, 5.74) is 4.50. The fourth-order valence-electron chi connectivity index (χ4n) is 3.84. The summed E-state index contributed by atoms with van der Waals surface area (Å²) in [5, 5.41) is 6.53. The number of carbonyl (C=O) groups is 1. The average Bonchev–Trinajstić information content (AvgIpc) is 2.94. The van der Waals surface area contributed by atoms with Gasteiger partial charge in [-0.15, -0.1) is 0 Å². The van der Waals surface area contributed by atoms with Gasteiger partial charge in [-0.25, -0.2) is 0 Å². The third-order valence-corrected chi connectivity index (χ3v) is 4.77. The molecule has 1 aromatic rings. The van der Waals surface area contributed by atoms with Crippen molar-refractivity contribution < 1.29 is 4.79 Å². The summed E-state index contributed by atoms with van der Waals surface area (Å²) in [6.45, 7) is 11.0. The molecule has 1 aromatic carbocycles. The Kier molecular flexibility index (Phi) is 4.00. The number of amides is 1. The normalized spacial score (nSPS) is 25.1. The summed E-state index contributed by atoms with van der Waals surface area (Å²) >= 11 is 0. The van der Waals surface area contributed by atoms with Crippen LogP contribution in [0.25, 0.3) is 0 Å². The van der Waals surface area contributed by atoms with Gasteiger partial charge in [0.05, 0.1) is 6.54 Å². The molecule has 2 heterocycles. The number of hydrogen-bond acceptors (Lipinski definition) is 3. The van der Waals surface area contributed by atoms with Crippen molar-refractivity contribution in [3.63, 3.8) is 0 Å². The van der Waals surface area contributed by atoms with Crippen molar-refractivity contribution in [3.8, 4) is 0 Å². The zero-order valence-electron chi connectivity index (χ0n) is 13.2. The van der Waals surface area contributed by atoms with E-state index in [1.807, 2.05) is 0 Å². The highest BCUT2D eigenvalue weighted by atomic mass is 16.2. The van der Waals surface area contributed by atoms with E-state index in [4.69, 9.17) is 0 Å². The second-order valence-corrected chi connectivity index (χ2v) is 6.69. The highest BCUT2D eigenvalue weighted by Crippen LogP contribution is 2.26. The van der Waals surface area contributed by atoms with Crippen molar-refractivity contribution in [3.05, 3.63) is 28.8 Å². The molecular weight excluding hydrogens is 262 g/mol. The number of fused-ring (bicyclic) bond motifs is 1. The van der Waals surface area contributed by atoms with E-state index in [2.05, 4.69) is 48.4 Å². The Morgan fingerprint density at radius 3 is 2.33 bits per heavy atom. The van der Waals surface area contributed by atoms with Crippen molar-refractivity contribution in [1.82, 2.24) is 10.2 Å². The van der Waals surface area contributed by atoms with Crippen LogP contribution in [0, 0.1) is 32.6 Å². The first-order valence-electron chi connectivity index (χ1n) is 7.83. The van der Waals surface area contributed by atoms with E-state index in [9.17, 15) is 4.79 Å². The van der Waals surface area contributed by atoms with Crippen LogP contribution < -0.4 is 10.6 Å². The van der Waals surface area contributed by atoms with E-state index in [0.29, 0.717) is 6.54 Å². The molecule has 2 fully saturated rings. The second kappa shape index (κ2) is 5.78. The lowest BCUT2D eigenvalue weighted by Crippen LogP contribution is -2.34. The number of nitrogens with zero attached hydrogens (tertiary/aromatic N) is 1. The van der Waals surface area contributed by atoms with E-state index < -0.39 is 0 Å². The summed E-state index contributed by atoms with van der Waals surface area (Å²) < 4.78 is 0. The molecule has 2 saturated heterocycles. The second-order valence-electron chi connectivity index (χ2n) is 6.69. The van der Waals surface area contributed by atoms with Gasteiger partial charge in [-0.1, -0.05) is 17.7 Å². The molecule has 0 radical (unpaired) electrons. The number of hydrogen-bond donors (Lipinski definition) is 2. The smallest absolute Gasteiger partial charge is 0.238 e. The zero-order chi connectivity index (χ0) is 15.0. The molecule has 2 aliphatic heterocycles. The predicted molar refractivity (Wildman–Crippen MR) is 85.6 cm³/mol. The Balaban J connectivity index is 1.60. The first kappa shape index (κ1) is 14.5. The van der Waals surface area contributed by atoms with Gasteiger partial charge in [0.25, 0.3) is 0 Å². The summed E-state index contributed by atoms with van der Waals surface area (Å²) in [5.74, 6) is 1.58. The van der Waals surface area contributed by atoms with Gasteiger partial charge in [-0.2, -0.15) is 0 Å². The van der Waals surface area contributed by atoms with Crippen LogP contribution in [0.4, 0.5) is 5.69 Å². The van der Waals surface area contributed by atoms with Gasteiger partial charge in [0.1, 0.15) is 0 Å². The van der Waals surface area contributed by atoms with Crippen LogP contribution in [0.3, 0.4) is 0 Å². The molecule has 3 rings (SSSR count). The molecule has 4 nitrogen and oxygen atoms in total. The lowest BCUT2D eigenvalue weighted by Gasteiger charge is -2.18. The first-order chi connectivity index (χ1) is 10.0. The molecule has 21 heavy (non-hydrogen) atoms. The fourth-order valence-corrected chi connectivity index (χ4v) is 3.84. The van der Waals surface area contributed by atoms with Crippen molar-refractivity contribution >= 4 is 11.6 Å². The van der Waals surface area contributed by atoms with E-state index in [0.717, 1.165) is 54.8 Å². The van der Waals surface area contributed by atoms with Crippen LogP contribution in [0.5, 0.6) is 0 Å². The van der Waals surface area contributed by atoms with Gasteiger partial charge in [0.15, 0.2) is 0 Å². The van der Waals surface area contributed by atoms with E-state index in [1.165, 1.54) is 5.56 Å². The van der Waals surface area contributed by atoms with Crippen LogP contribution in [0.15, 0.2) is 12.1 Å². The SMILES string of the molecule is Cc1cc(C)c(NC(=O)CN2CC3CNCC3C2)c(C)c1. The number of benzene rings is 1. The molecule has 4 heteroatoms. The number of anilines is 1. The highest BCUT2D eigenvalue weighted by Gasteiger charge is 2.36. The van der Waals surface area contributed by atoms with Gasteiger partial charge >= 0.3 is 0 Å². The first-order valence-corrected chi connectivity index (χ1v) is 7.83. The van der Waals surface area contributed by atoms with Crippen LogP contribution in [-0.2, 0) is 4.79 Å². The lowest BCUT2D eigenvalue weighted by molar-refractivity contribution is -0.117. The van der Waals surface area contributed by atoms with Crippen LogP contribution in [-0.4, -0.2) is 43.5 Å². The number of rotatable bonds is 3. The van der Waals surface area contributed by atoms with Crippen molar-refractivity contribution in [1.29, 1.82) is 0 Å². The maximum atomic E-state index is 12.3. The third-order valence-electron chi connectivity index (χ3n) is 4.77. The summed E-state index contributed by atoms with van der Waals surface area (Å²) in [6, 6.07) is 4.24. The quantitative estimate of drug-likeness (QED) is 0.889. The van der Waals surface area contributed by atoms with Crippen LogP contribution >= 0.6 is 0 Å². The van der Waals surface area contributed by atoms with Gasteiger partial charge in [0.2, 0.25) is 5.91 Å². The van der Waals surface area contributed by atoms with Gasteiger partial charge in [0, 0.05) is 18.8 Å². The Morgan fingerprint density at radius 2 is 1.76 bits per heavy atom. The molecule has 2 atom stereocenters. The molecule has 2 unspecified atom stereocenters. The number of likely N-dealkylation sites (tertiary alicyclic amines) is 1. The maximum absolute atomic E-state index is 12.3. The minimum Gasteiger partial charge on any atom is -0.324 e. The number of aryl methyl sites for hydroxylation is 3. The standard InChI is InChI=1S/C17H25N3O/c1-11-4-12(2)17(13(3)5-11)19-16(21)10-20-8-14-6-18-7-15(14)9-20/h4-5,14-15,18H,6-10H2,1-3H3,(H,19,21). The molecule has 0 aliphatic carbocycles. The molecular formula is C17H25N3O. The topological polar surface area (TPSA) is 44.4 Å². The number of nitrogens with one attached hydrogen (secondary N) is 2. The zero-order valence-corrected chi connectivity index (χ0v) is 13.2. The van der Waals surface area contributed by atoms with Crippen molar-refractivity contribution in [2.24, 2.45) is 11.8 Å². The van der Waals surface area contributed by atoms with E-state index in [1.54, 1.807) is 0 Å². The van der Waals surface area contributed by atoms with Crippen LogP contribution in [0.1, 0.15) is 16.7 Å². The number of carbonyl (C=O) groups excluding carboxylic acids is 1. The Bertz CT molecular complexity index is 520. The molecule has 0 bridgehead atoms. The summed E-state index contributed by atoms with van der Waals surface area (Å²) in [6.07, 6.45) is 0. The minimum absolute atomic E-state index is 0.109. The van der Waals surface area contributed by atoms with Crippen molar-refractivity contribution in [2.75, 3.05) is 38.0 Å². The Morgan fingerprint density at radius 1 is 1.19 bits per heavy atom. The average molecular weight is 287 g/mol. The third kappa shape index (κ3) is 3.11. The maximum Gasteiger partial charge on any atom is 0.238 e. The van der Waals surface area contributed by atoms with E-state index >= 15 is 0 Å². The van der Waals surface area contributed by atoms with E-state index in [-0.39, 0.29) is 5.91 Å². The fraction of sp³-hybridized carbons (Fsp3) is 0.588. The minimum atomic E-state index is 0.109. The molecule has 2 N–H and O–H groups in total. The summed E-state index contributed by atoms with van der Waals surface area (Å²) in [7, 11) is 0. The van der Waals surface area contributed by atoms with Gasteiger partial charge in [-0.3, -0.25) is 9.69 Å². The largest absolute Gasteiger partial charge is 0.324 e. The molecule has 114 valence electrons. The molecule has 1 amide bonds. The van der Waals surface area contributed by atoms with Gasteiger partial charge < -0.3 is 10.6 Å². The van der Waals surface area contributed by atoms with Crippen LogP contribution in [0.2, 0.25) is 0 Å².